The van der Waals surface area contributed by atoms with Crippen LogP contribution in [0.4, 0.5) is 35.1 Å². The summed E-state index contributed by atoms with van der Waals surface area (Å²) >= 11 is 0. The summed E-state index contributed by atoms with van der Waals surface area (Å²) < 4.78 is 96.3. The van der Waals surface area contributed by atoms with Crippen molar-refractivity contribution in [2.75, 3.05) is 0 Å². The van der Waals surface area contributed by atoms with Crippen LogP contribution >= 0.6 is 0 Å². The quantitative estimate of drug-likeness (QED) is 0.429. The van der Waals surface area contributed by atoms with Gasteiger partial charge in [-0.15, -0.1) is 0 Å². The van der Waals surface area contributed by atoms with Crippen LogP contribution in [0.2, 0.25) is 0 Å². The first-order valence-corrected chi connectivity index (χ1v) is 3.34. The highest BCUT2D eigenvalue weighted by Gasteiger charge is 2.77. The second-order valence-corrected chi connectivity index (χ2v) is 2.55. The average molecular weight is 258 g/mol. The molecule has 0 spiro atoms. The average Bonchev–Trinajstić information content (AvgIpc) is 2.15. The molecule has 0 saturated carbocycles. The standard InChI is InChI=1S/C6H2F8O2/c7-3(8)5(11,12)6(13,14)4(9,10)2(16)1-15/h1,3H. The van der Waals surface area contributed by atoms with Crippen LogP contribution in [-0.4, -0.2) is 36.3 Å². The SMILES string of the molecule is O=CC(=O)C(F)(F)C(F)(F)C(F)(F)C(F)F. The molecule has 0 rings (SSSR count). The molecule has 0 unspecified atom stereocenters. The minimum atomic E-state index is -6.66. The van der Waals surface area contributed by atoms with Gasteiger partial charge >= 0.3 is 24.2 Å². The Morgan fingerprint density at radius 3 is 1.62 bits per heavy atom. The van der Waals surface area contributed by atoms with Gasteiger partial charge in [-0.25, -0.2) is 8.78 Å². The second-order valence-electron chi connectivity index (χ2n) is 2.55. The summed E-state index contributed by atoms with van der Waals surface area (Å²) in [7, 11) is 0. The zero-order valence-electron chi connectivity index (χ0n) is 6.99. The monoisotopic (exact) mass is 258 g/mol. The van der Waals surface area contributed by atoms with Crippen LogP contribution in [0, 0.1) is 0 Å². The molecule has 0 bridgehead atoms. The highest BCUT2D eigenvalue weighted by atomic mass is 19.4. The van der Waals surface area contributed by atoms with E-state index in [0.717, 1.165) is 0 Å². The first-order valence-electron chi connectivity index (χ1n) is 3.34. The van der Waals surface area contributed by atoms with Gasteiger partial charge in [-0.1, -0.05) is 0 Å². The first-order chi connectivity index (χ1) is 6.92. The molecule has 0 aliphatic carbocycles. The molecule has 0 aromatic carbocycles. The molecule has 0 radical (unpaired) electrons. The van der Waals surface area contributed by atoms with Crippen LogP contribution in [0.25, 0.3) is 0 Å². The van der Waals surface area contributed by atoms with Crippen LogP contribution in [0.3, 0.4) is 0 Å². The molecule has 94 valence electrons. The molecule has 0 aromatic rings. The Labute approximate surface area is 82.2 Å². The number of carbonyl (C=O) groups excluding carboxylic acids is 2. The third-order valence-corrected chi connectivity index (χ3v) is 1.50. The number of hydrogen-bond acceptors (Lipinski definition) is 2. The Morgan fingerprint density at radius 1 is 1.00 bits per heavy atom. The number of alkyl halides is 8. The number of Topliss-reactive ketones (excluding diaryl/α,β-unsaturated/α-hetero) is 1. The third-order valence-electron chi connectivity index (χ3n) is 1.50. The second kappa shape index (κ2) is 3.98. The van der Waals surface area contributed by atoms with Gasteiger partial charge < -0.3 is 0 Å². The van der Waals surface area contributed by atoms with E-state index in [-0.39, 0.29) is 0 Å². The largest absolute Gasteiger partial charge is 0.385 e. The van der Waals surface area contributed by atoms with E-state index in [2.05, 4.69) is 0 Å². The first kappa shape index (κ1) is 14.8. The highest BCUT2D eigenvalue weighted by molar-refractivity contribution is 6.28. The van der Waals surface area contributed by atoms with Crippen molar-refractivity contribution in [2.24, 2.45) is 0 Å². The van der Waals surface area contributed by atoms with Crippen molar-refractivity contribution in [2.45, 2.75) is 24.2 Å². The molecule has 0 aliphatic heterocycles. The van der Waals surface area contributed by atoms with Crippen LogP contribution in [0.1, 0.15) is 0 Å². The van der Waals surface area contributed by atoms with Crippen molar-refractivity contribution in [3.05, 3.63) is 0 Å². The minimum Gasteiger partial charge on any atom is -0.294 e. The van der Waals surface area contributed by atoms with Crippen molar-refractivity contribution in [1.82, 2.24) is 0 Å². The number of rotatable bonds is 5. The normalized spacial score (nSPS) is 14.1. The van der Waals surface area contributed by atoms with E-state index in [1.165, 1.54) is 0 Å². The lowest BCUT2D eigenvalue weighted by atomic mass is 10.0. The molecule has 0 aliphatic rings. The molecular formula is C6H2F8O2. The summed E-state index contributed by atoms with van der Waals surface area (Å²) in [6.07, 6.45) is -6.47. The minimum absolute atomic E-state index is 1.35. The Kier molecular flexibility index (Phi) is 3.68. The number of ketones is 1. The van der Waals surface area contributed by atoms with E-state index in [9.17, 15) is 44.7 Å². The zero-order valence-corrected chi connectivity index (χ0v) is 6.99. The van der Waals surface area contributed by atoms with Crippen LogP contribution in [-0.2, 0) is 9.59 Å². The van der Waals surface area contributed by atoms with E-state index in [4.69, 9.17) is 0 Å². The molecule has 0 atom stereocenters. The predicted octanol–water partition coefficient (Wildman–Crippen LogP) is 1.93. The summed E-state index contributed by atoms with van der Waals surface area (Å²) in [4.78, 5) is 19.5. The van der Waals surface area contributed by atoms with E-state index < -0.39 is 36.3 Å². The van der Waals surface area contributed by atoms with Gasteiger partial charge in [0.2, 0.25) is 0 Å². The summed E-state index contributed by atoms with van der Waals surface area (Å²) in [5, 5.41) is 0. The van der Waals surface area contributed by atoms with Crippen molar-refractivity contribution >= 4 is 12.1 Å². The highest BCUT2D eigenvalue weighted by Crippen LogP contribution is 2.48. The lowest BCUT2D eigenvalue weighted by Crippen LogP contribution is -2.60. The van der Waals surface area contributed by atoms with E-state index in [1.807, 2.05) is 0 Å². The van der Waals surface area contributed by atoms with Crippen molar-refractivity contribution in [3.63, 3.8) is 0 Å². The van der Waals surface area contributed by atoms with Gasteiger partial charge in [-0.2, -0.15) is 26.3 Å². The van der Waals surface area contributed by atoms with Crippen LogP contribution < -0.4 is 0 Å². The van der Waals surface area contributed by atoms with Gasteiger partial charge in [0.05, 0.1) is 0 Å². The van der Waals surface area contributed by atoms with Gasteiger partial charge in [0.25, 0.3) is 5.78 Å². The smallest absolute Gasteiger partial charge is 0.294 e. The number of carbonyl (C=O) groups is 2. The summed E-state index contributed by atoms with van der Waals surface area (Å²) in [6, 6.07) is 0. The number of halogens is 8. The molecular weight excluding hydrogens is 256 g/mol. The molecule has 10 heteroatoms. The topological polar surface area (TPSA) is 34.1 Å². The van der Waals surface area contributed by atoms with E-state index in [1.54, 1.807) is 0 Å². The van der Waals surface area contributed by atoms with Crippen molar-refractivity contribution < 1.29 is 44.7 Å². The number of aldehydes is 1. The maximum Gasteiger partial charge on any atom is 0.385 e. The molecule has 0 fully saturated rings. The Balaban J connectivity index is 5.51. The van der Waals surface area contributed by atoms with Crippen LogP contribution in [0.5, 0.6) is 0 Å². The van der Waals surface area contributed by atoms with Crippen LogP contribution in [0.15, 0.2) is 0 Å². The Bertz CT molecular complexity index is 297. The molecule has 0 aromatic heterocycles. The van der Waals surface area contributed by atoms with Gasteiger partial charge in [0.1, 0.15) is 0 Å². The third kappa shape index (κ3) is 1.87. The van der Waals surface area contributed by atoms with E-state index >= 15 is 0 Å². The fourth-order valence-electron chi connectivity index (χ4n) is 0.575. The van der Waals surface area contributed by atoms with Gasteiger partial charge in [0.15, 0.2) is 6.29 Å². The summed E-state index contributed by atoms with van der Waals surface area (Å²) in [5.41, 5.74) is 0. The molecule has 2 nitrogen and oxygen atoms in total. The Hall–Kier alpha value is -1.22. The van der Waals surface area contributed by atoms with E-state index in [0.29, 0.717) is 0 Å². The van der Waals surface area contributed by atoms with Crippen molar-refractivity contribution in [3.8, 4) is 0 Å². The summed E-state index contributed by atoms with van der Waals surface area (Å²) in [6.45, 7) is 0. The lowest BCUT2D eigenvalue weighted by molar-refractivity contribution is -0.326. The summed E-state index contributed by atoms with van der Waals surface area (Å²) in [5.74, 6) is -22.5. The maximum atomic E-state index is 12.3. The van der Waals surface area contributed by atoms with Gasteiger partial charge in [0, 0.05) is 0 Å². The molecule has 0 N–H and O–H groups in total. The van der Waals surface area contributed by atoms with Gasteiger partial charge in [-0.3, -0.25) is 9.59 Å². The lowest BCUT2D eigenvalue weighted by Gasteiger charge is -2.30. The maximum absolute atomic E-state index is 12.3. The molecule has 0 heterocycles. The predicted molar refractivity (Wildman–Crippen MR) is 31.9 cm³/mol. The fraction of sp³-hybridized carbons (Fsp3) is 0.667. The fourth-order valence-corrected chi connectivity index (χ4v) is 0.575. The number of hydrogen-bond donors (Lipinski definition) is 0. The molecule has 0 amide bonds. The van der Waals surface area contributed by atoms with Gasteiger partial charge in [-0.05, 0) is 0 Å². The molecule has 16 heavy (non-hydrogen) atoms. The Morgan fingerprint density at radius 2 is 1.38 bits per heavy atom. The zero-order chi connectivity index (χ0) is 13.4. The van der Waals surface area contributed by atoms with Crippen molar-refractivity contribution in [1.29, 1.82) is 0 Å². The molecule has 0 saturated heterocycles.